The highest BCUT2D eigenvalue weighted by Gasteiger charge is 2.28. The van der Waals surface area contributed by atoms with Gasteiger partial charge in [0.15, 0.2) is 18.2 Å². The van der Waals surface area contributed by atoms with Crippen LogP contribution in [0.4, 0.5) is 0 Å². The van der Waals surface area contributed by atoms with Gasteiger partial charge in [0.2, 0.25) is 0 Å². The molecule has 0 saturated heterocycles. The number of carbonyl (C=O) groups is 3. The van der Waals surface area contributed by atoms with E-state index in [0.29, 0.717) is 18.5 Å². The molecule has 1 atom stereocenters. The molecule has 0 aliphatic heterocycles. The van der Waals surface area contributed by atoms with Gasteiger partial charge in [-0.2, -0.15) is 0 Å². The van der Waals surface area contributed by atoms with Gasteiger partial charge < -0.3 is 10.1 Å². The van der Waals surface area contributed by atoms with Crippen molar-refractivity contribution in [2.45, 2.75) is 67.7 Å². The molecule has 1 aromatic carbocycles. The Bertz CT molecular complexity index is 786. The second-order valence-electron chi connectivity index (χ2n) is 9.94. The van der Waals surface area contributed by atoms with Gasteiger partial charge in [-0.05, 0) is 43.1 Å². The second kappa shape index (κ2) is 12.0. The highest BCUT2D eigenvalue weighted by Crippen LogP contribution is 2.37. The first kappa shape index (κ1) is 27.6. The Morgan fingerprint density at radius 1 is 1.13 bits per heavy atom. The average Bonchev–Trinajstić information content (AvgIpc) is 2.69. The summed E-state index contributed by atoms with van der Waals surface area (Å²) in [4.78, 5) is 37.2. The zero-order valence-corrected chi connectivity index (χ0v) is 22.2. The first-order chi connectivity index (χ1) is 14.3. The second-order valence-corrected chi connectivity index (χ2v) is 10.7. The average molecular weight is 543 g/mol. The Hall–Kier alpha value is -1.44. The van der Waals surface area contributed by atoms with Crippen LogP contribution in [0.15, 0.2) is 18.2 Å². The normalized spacial score (nSPS) is 12.9. The maximum absolute atomic E-state index is 12.9. The summed E-state index contributed by atoms with van der Waals surface area (Å²) in [5.41, 5.74) is 0.994. The van der Waals surface area contributed by atoms with Crippen LogP contribution >= 0.6 is 22.6 Å². The molecule has 0 heterocycles. The summed E-state index contributed by atoms with van der Waals surface area (Å²) in [5.74, 6) is -0.511. The van der Waals surface area contributed by atoms with Gasteiger partial charge in [-0.1, -0.05) is 76.3 Å². The fourth-order valence-electron chi connectivity index (χ4n) is 3.80. The van der Waals surface area contributed by atoms with E-state index in [2.05, 4.69) is 55.6 Å². The van der Waals surface area contributed by atoms with Crippen LogP contribution in [0.5, 0.6) is 5.75 Å². The summed E-state index contributed by atoms with van der Waals surface area (Å²) >= 11 is 2.42. The van der Waals surface area contributed by atoms with Crippen molar-refractivity contribution in [1.82, 2.24) is 5.32 Å². The van der Waals surface area contributed by atoms with Crippen LogP contribution in [0, 0.1) is 16.7 Å². The highest BCUT2D eigenvalue weighted by molar-refractivity contribution is 14.1. The first-order valence-corrected chi connectivity index (χ1v) is 12.5. The van der Waals surface area contributed by atoms with Crippen LogP contribution in [-0.2, 0) is 4.79 Å². The lowest BCUT2D eigenvalue weighted by Crippen LogP contribution is -2.33. The number of halogens is 1. The van der Waals surface area contributed by atoms with E-state index in [1.807, 2.05) is 13.8 Å². The van der Waals surface area contributed by atoms with Gasteiger partial charge in [-0.25, -0.2) is 0 Å². The number of hydrogen-bond donors (Lipinski definition) is 1. The SMILES string of the molecule is CC[C@@H](C)C(=O)c1c(OCC(=O)NCCC(C)(C)CC(C)(C)CI)cccc1C(C)=O. The third-order valence-electron chi connectivity index (χ3n) is 5.51. The smallest absolute Gasteiger partial charge is 0.257 e. The summed E-state index contributed by atoms with van der Waals surface area (Å²) in [6.07, 6.45) is 2.61. The number of carbonyl (C=O) groups excluding carboxylic acids is 3. The van der Waals surface area contributed by atoms with Crippen LogP contribution in [0.3, 0.4) is 0 Å². The number of amides is 1. The predicted octanol–water partition coefficient (Wildman–Crippen LogP) is 5.88. The number of ether oxygens (including phenoxy) is 1. The molecule has 1 amide bonds. The molecule has 5 nitrogen and oxygen atoms in total. The molecule has 0 fully saturated rings. The summed E-state index contributed by atoms with van der Waals surface area (Å²) in [6, 6.07) is 4.95. The number of ketones is 2. The molecule has 0 spiro atoms. The topological polar surface area (TPSA) is 72.5 Å². The summed E-state index contributed by atoms with van der Waals surface area (Å²) in [7, 11) is 0. The van der Waals surface area contributed by atoms with Crippen LogP contribution < -0.4 is 10.1 Å². The minimum Gasteiger partial charge on any atom is -0.483 e. The largest absolute Gasteiger partial charge is 0.483 e. The van der Waals surface area contributed by atoms with Crippen molar-refractivity contribution in [2.75, 3.05) is 17.6 Å². The predicted molar refractivity (Wildman–Crippen MR) is 134 cm³/mol. The van der Waals surface area contributed by atoms with Gasteiger partial charge >= 0.3 is 0 Å². The highest BCUT2D eigenvalue weighted by atomic mass is 127. The molecule has 1 rings (SSSR count). The maximum atomic E-state index is 12.9. The molecule has 0 aliphatic carbocycles. The fourth-order valence-corrected chi connectivity index (χ4v) is 4.07. The number of alkyl halides is 1. The van der Waals surface area contributed by atoms with Gasteiger partial charge in [0.1, 0.15) is 5.75 Å². The zero-order valence-electron chi connectivity index (χ0n) is 20.1. The number of benzene rings is 1. The standard InChI is InChI=1S/C25H38INO4/c1-8-17(2)23(30)22-19(18(3)28)10-9-11-20(22)31-14-21(29)27-13-12-24(4,5)15-25(6,7)16-26/h9-11,17H,8,12-16H2,1-7H3,(H,27,29)/t17-/m1/s1. The third-order valence-corrected chi connectivity index (χ3v) is 7.58. The van der Waals surface area contributed by atoms with Crippen molar-refractivity contribution in [3.8, 4) is 5.75 Å². The van der Waals surface area contributed by atoms with Crippen molar-refractivity contribution in [3.05, 3.63) is 29.3 Å². The number of nitrogens with one attached hydrogen (secondary N) is 1. The van der Waals surface area contributed by atoms with E-state index in [1.54, 1.807) is 18.2 Å². The number of Topliss-reactive ketones (excluding diaryl/α,β-unsaturated/α-hetero) is 2. The Kier molecular flexibility index (Phi) is 10.7. The van der Waals surface area contributed by atoms with Gasteiger partial charge in [-0.15, -0.1) is 0 Å². The minimum absolute atomic E-state index is 0.120. The molecule has 0 aliphatic rings. The molecule has 1 N–H and O–H groups in total. The Morgan fingerprint density at radius 2 is 1.77 bits per heavy atom. The van der Waals surface area contributed by atoms with E-state index in [-0.39, 0.29) is 52.1 Å². The van der Waals surface area contributed by atoms with Crippen LogP contribution in [-0.4, -0.2) is 35.1 Å². The molecule has 0 unspecified atom stereocenters. The molecular formula is C25H38INO4. The monoisotopic (exact) mass is 543 g/mol. The van der Waals surface area contributed by atoms with E-state index in [0.717, 1.165) is 17.3 Å². The maximum Gasteiger partial charge on any atom is 0.257 e. The van der Waals surface area contributed by atoms with Gasteiger partial charge in [-0.3, -0.25) is 14.4 Å². The Morgan fingerprint density at radius 3 is 2.32 bits per heavy atom. The van der Waals surface area contributed by atoms with Crippen LogP contribution in [0.2, 0.25) is 0 Å². The van der Waals surface area contributed by atoms with Crippen molar-refractivity contribution < 1.29 is 19.1 Å². The van der Waals surface area contributed by atoms with E-state index in [1.165, 1.54) is 6.92 Å². The fraction of sp³-hybridized carbons (Fsp3) is 0.640. The summed E-state index contributed by atoms with van der Waals surface area (Å²) in [6.45, 7) is 14.5. The lowest BCUT2D eigenvalue weighted by molar-refractivity contribution is -0.123. The van der Waals surface area contributed by atoms with Crippen molar-refractivity contribution in [2.24, 2.45) is 16.7 Å². The van der Waals surface area contributed by atoms with E-state index in [4.69, 9.17) is 4.74 Å². The van der Waals surface area contributed by atoms with E-state index in [9.17, 15) is 14.4 Å². The Balaban J connectivity index is 2.76. The summed E-state index contributed by atoms with van der Waals surface area (Å²) < 4.78 is 6.79. The van der Waals surface area contributed by atoms with Crippen LogP contribution in [0.1, 0.15) is 88.4 Å². The zero-order chi connectivity index (χ0) is 23.8. The molecule has 31 heavy (non-hydrogen) atoms. The molecule has 174 valence electrons. The van der Waals surface area contributed by atoms with Crippen molar-refractivity contribution >= 4 is 40.1 Å². The van der Waals surface area contributed by atoms with Crippen LogP contribution in [0.25, 0.3) is 0 Å². The molecule has 0 saturated carbocycles. The molecule has 6 heteroatoms. The quantitative estimate of drug-likeness (QED) is 0.192. The molecular weight excluding hydrogens is 505 g/mol. The van der Waals surface area contributed by atoms with Crippen molar-refractivity contribution in [1.29, 1.82) is 0 Å². The molecule has 0 aromatic heterocycles. The number of hydrogen-bond acceptors (Lipinski definition) is 4. The van der Waals surface area contributed by atoms with Crippen molar-refractivity contribution in [3.63, 3.8) is 0 Å². The molecule has 0 radical (unpaired) electrons. The van der Waals surface area contributed by atoms with Gasteiger partial charge in [0, 0.05) is 22.5 Å². The van der Waals surface area contributed by atoms with E-state index < -0.39 is 0 Å². The Labute approximate surface area is 201 Å². The minimum atomic E-state index is -0.237. The molecule has 1 aromatic rings. The van der Waals surface area contributed by atoms with E-state index >= 15 is 0 Å². The lowest BCUT2D eigenvalue weighted by Gasteiger charge is -2.34. The molecule has 0 bridgehead atoms. The lowest BCUT2D eigenvalue weighted by atomic mass is 9.74. The third kappa shape index (κ3) is 8.91. The van der Waals surface area contributed by atoms with Gasteiger partial charge in [0.05, 0.1) is 5.56 Å². The number of rotatable bonds is 13. The van der Waals surface area contributed by atoms with Gasteiger partial charge in [0.25, 0.3) is 5.91 Å². The first-order valence-electron chi connectivity index (χ1n) is 11.0. The summed E-state index contributed by atoms with van der Waals surface area (Å²) in [5, 5.41) is 2.92.